The molecule has 2 atom stereocenters. The van der Waals surface area contributed by atoms with Crippen molar-refractivity contribution in [2.75, 3.05) is 11.9 Å². The summed E-state index contributed by atoms with van der Waals surface area (Å²) < 4.78 is 5.44. The molecular formula is C32H46ClN3O5. The molecule has 0 aromatic heterocycles. The van der Waals surface area contributed by atoms with E-state index >= 15 is 0 Å². The summed E-state index contributed by atoms with van der Waals surface area (Å²) in [4.78, 5) is 42.6. The van der Waals surface area contributed by atoms with Crippen LogP contribution in [0.3, 0.4) is 0 Å². The highest BCUT2D eigenvalue weighted by molar-refractivity contribution is 6.34. The van der Waals surface area contributed by atoms with Crippen molar-refractivity contribution in [2.45, 2.75) is 98.3 Å². The standard InChI is InChI=1S/C32H46ClN3O5/c1-8-9-10-11-12-20-36(30(39)26(21(2)3)35-31(40)41-32(5,6)7)28(23-16-18-24(37)19-17-23)29(38)34-27-22(4)14-13-15-25(27)33/h13-19,21,26,28,37H,8-12,20H2,1-7H3,(H,34,38)(H,35,40). The number of aryl methyl sites for hydroxylation is 1. The van der Waals surface area contributed by atoms with Crippen LogP contribution in [0.25, 0.3) is 0 Å². The highest BCUT2D eigenvalue weighted by Crippen LogP contribution is 2.31. The van der Waals surface area contributed by atoms with Gasteiger partial charge in [0.15, 0.2) is 0 Å². The van der Waals surface area contributed by atoms with Crippen LogP contribution >= 0.6 is 11.6 Å². The lowest BCUT2D eigenvalue weighted by Gasteiger charge is -2.36. The monoisotopic (exact) mass is 587 g/mol. The molecule has 226 valence electrons. The van der Waals surface area contributed by atoms with Gasteiger partial charge in [0.1, 0.15) is 23.4 Å². The number of carbonyl (C=O) groups is 3. The van der Waals surface area contributed by atoms with E-state index in [0.717, 1.165) is 31.2 Å². The Kier molecular flexibility index (Phi) is 13.0. The van der Waals surface area contributed by atoms with Crippen LogP contribution in [0.4, 0.5) is 10.5 Å². The van der Waals surface area contributed by atoms with E-state index in [-0.39, 0.29) is 11.7 Å². The van der Waals surface area contributed by atoms with Crippen LogP contribution in [-0.2, 0) is 14.3 Å². The lowest BCUT2D eigenvalue weighted by Crippen LogP contribution is -2.54. The van der Waals surface area contributed by atoms with Gasteiger partial charge in [-0.3, -0.25) is 9.59 Å². The second-order valence-corrected chi connectivity index (χ2v) is 12.1. The largest absolute Gasteiger partial charge is 0.508 e. The first-order valence-corrected chi connectivity index (χ1v) is 14.8. The number of unbranched alkanes of at least 4 members (excludes halogenated alkanes) is 4. The highest BCUT2D eigenvalue weighted by atomic mass is 35.5. The first-order chi connectivity index (χ1) is 19.2. The van der Waals surface area contributed by atoms with Crippen molar-refractivity contribution in [3.05, 3.63) is 58.6 Å². The van der Waals surface area contributed by atoms with Crippen molar-refractivity contribution in [3.63, 3.8) is 0 Å². The van der Waals surface area contributed by atoms with Gasteiger partial charge in [-0.05, 0) is 69.4 Å². The summed E-state index contributed by atoms with van der Waals surface area (Å²) in [5, 5.41) is 16.0. The lowest BCUT2D eigenvalue weighted by atomic mass is 9.98. The van der Waals surface area contributed by atoms with Gasteiger partial charge in [0.2, 0.25) is 5.91 Å². The molecule has 8 nitrogen and oxygen atoms in total. The first-order valence-electron chi connectivity index (χ1n) is 14.4. The van der Waals surface area contributed by atoms with Gasteiger partial charge in [-0.25, -0.2) is 4.79 Å². The summed E-state index contributed by atoms with van der Waals surface area (Å²) in [6, 6.07) is 9.57. The summed E-state index contributed by atoms with van der Waals surface area (Å²) >= 11 is 6.43. The SMILES string of the molecule is CCCCCCCN(C(=O)C(NC(=O)OC(C)(C)C)C(C)C)C(C(=O)Nc1c(C)cccc1Cl)c1ccc(O)cc1. The summed E-state index contributed by atoms with van der Waals surface area (Å²) in [6.45, 7) is 13.2. The molecule has 0 aliphatic heterocycles. The van der Waals surface area contributed by atoms with Crippen LogP contribution in [-0.4, -0.2) is 46.1 Å². The predicted molar refractivity (Wildman–Crippen MR) is 164 cm³/mol. The maximum absolute atomic E-state index is 14.3. The number of carbonyl (C=O) groups excluding carboxylic acids is 3. The molecule has 0 radical (unpaired) electrons. The molecule has 9 heteroatoms. The van der Waals surface area contributed by atoms with E-state index in [2.05, 4.69) is 17.6 Å². The third kappa shape index (κ3) is 10.6. The summed E-state index contributed by atoms with van der Waals surface area (Å²) in [7, 11) is 0. The highest BCUT2D eigenvalue weighted by Gasteiger charge is 2.37. The number of nitrogens with one attached hydrogen (secondary N) is 2. The van der Waals surface area contributed by atoms with Gasteiger partial charge in [0.25, 0.3) is 5.91 Å². The third-order valence-corrected chi connectivity index (χ3v) is 6.94. The first kappa shape index (κ1) is 33.9. The average molecular weight is 588 g/mol. The Morgan fingerprint density at radius 2 is 1.63 bits per heavy atom. The number of phenolic OH excluding ortho intramolecular Hbond substituents is 1. The Labute approximate surface area is 249 Å². The van der Waals surface area contributed by atoms with Crippen LogP contribution in [0.1, 0.15) is 90.8 Å². The summed E-state index contributed by atoms with van der Waals surface area (Å²) in [5.41, 5.74) is 1.02. The van der Waals surface area contributed by atoms with Crippen molar-refractivity contribution < 1.29 is 24.2 Å². The van der Waals surface area contributed by atoms with E-state index in [1.54, 1.807) is 45.0 Å². The Morgan fingerprint density at radius 3 is 2.20 bits per heavy atom. The number of phenols is 1. The number of anilines is 1. The number of para-hydroxylation sites is 1. The summed E-state index contributed by atoms with van der Waals surface area (Å²) in [5.74, 6) is -1.09. The molecule has 41 heavy (non-hydrogen) atoms. The van der Waals surface area contributed by atoms with E-state index in [1.165, 1.54) is 17.0 Å². The Morgan fingerprint density at radius 1 is 1.00 bits per heavy atom. The minimum absolute atomic E-state index is 0.0407. The van der Waals surface area contributed by atoms with Crippen LogP contribution in [0.5, 0.6) is 5.75 Å². The molecule has 0 saturated heterocycles. The fourth-order valence-electron chi connectivity index (χ4n) is 4.49. The minimum Gasteiger partial charge on any atom is -0.508 e. The maximum atomic E-state index is 14.3. The zero-order valence-corrected chi connectivity index (χ0v) is 26.2. The molecular weight excluding hydrogens is 542 g/mol. The van der Waals surface area contributed by atoms with Crippen LogP contribution < -0.4 is 10.6 Å². The number of ether oxygens (including phenoxy) is 1. The maximum Gasteiger partial charge on any atom is 0.408 e. The molecule has 0 heterocycles. The molecule has 0 bridgehead atoms. The van der Waals surface area contributed by atoms with Crippen molar-refractivity contribution in [2.24, 2.45) is 5.92 Å². The van der Waals surface area contributed by atoms with E-state index < -0.39 is 35.6 Å². The molecule has 0 spiro atoms. The van der Waals surface area contributed by atoms with Crippen LogP contribution in [0.2, 0.25) is 5.02 Å². The topological polar surface area (TPSA) is 108 Å². The molecule has 2 rings (SSSR count). The molecule has 2 unspecified atom stereocenters. The fraction of sp³-hybridized carbons (Fsp3) is 0.531. The molecule has 2 aromatic carbocycles. The lowest BCUT2D eigenvalue weighted by molar-refractivity contribution is -0.141. The average Bonchev–Trinajstić information content (AvgIpc) is 2.88. The molecule has 0 aliphatic carbocycles. The number of benzene rings is 2. The van der Waals surface area contributed by atoms with Crippen molar-refractivity contribution in [1.82, 2.24) is 10.2 Å². The zero-order valence-electron chi connectivity index (χ0n) is 25.4. The Hall–Kier alpha value is -3.26. The fourth-order valence-corrected chi connectivity index (χ4v) is 4.76. The van der Waals surface area contributed by atoms with Crippen molar-refractivity contribution in [1.29, 1.82) is 0 Å². The van der Waals surface area contributed by atoms with Gasteiger partial charge < -0.3 is 25.4 Å². The van der Waals surface area contributed by atoms with Gasteiger partial charge in [-0.2, -0.15) is 0 Å². The molecule has 3 amide bonds. The normalized spacial score (nSPS) is 12.9. The quantitative estimate of drug-likeness (QED) is 0.212. The van der Waals surface area contributed by atoms with Crippen molar-refractivity contribution in [3.8, 4) is 5.75 Å². The molecule has 0 saturated carbocycles. The van der Waals surface area contributed by atoms with Gasteiger partial charge in [0.05, 0.1) is 10.7 Å². The number of rotatable bonds is 13. The minimum atomic E-state index is -1.05. The van der Waals surface area contributed by atoms with E-state index in [9.17, 15) is 19.5 Å². The van der Waals surface area contributed by atoms with Gasteiger partial charge in [-0.1, -0.05) is 82.3 Å². The van der Waals surface area contributed by atoms with E-state index in [0.29, 0.717) is 29.2 Å². The summed E-state index contributed by atoms with van der Waals surface area (Å²) in [6.07, 6.45) is 4.03. The van der Waals surface area contributed by atoms with Gasteiger partial charge in [0, 0.05) is 6.54 Å². The number of halogens is 1. The molecule has 3 N–H and O–H groups in total. The Bertz CT molecular complexity index is 1140. The second kappa shape index (κ2) is 15.7. The number of nitrogens with zero attached hydrogens (tertiary/aromatic N) is 1. The third-order valence-electron chi connectivity index (χ3n) is 6.63. The molecule has 0 aliphatic rings. The van der Waals surface area contributed by atoms with E-state index in [4.69, 9.17) is 16.3 Å². The van der Waals surface area contributed by atoms with Crippen molar-refractivity contribution >= 4 is 35.2 Å². The molecule has 2 aromatic rings. The molecule has 0 fully saturated rings. The van der Waals surface area contributed by atoms with Crippen LogP contribution in [0, 0.1) is 12.8 Å². The number of alkyl carbamates (subject to hydrolysis) is 1. The smallest absolute Gasteiger partial charge is 0.408 e. The van der Waals surface area contributed by atoms with Crippen LogP contribution in [0.15, 0.2) is 42.5 Å². The zero-order chi connectivity index (χ0) is 30.7. The number of amides is 3. The van der Waals surface area contributed by atoms with Gasteiger partial charge >= 0.3 is 6.09 Å². The van der Waals surface area contributed by atoms with E-state index in [1.807, 2.05) is 26.8 Å². The number of hydrogen-bond acceptors (Lipinski definition) is 5. The number of aromatic hydroxyl groups is 1. The number of hydrogen-bond donors (Lipinski definition) is 3. The second-order valence-electron chi connectivity index (χ2n) is 11.7. The Balaban J connectivity index is 2.54. The predicted octanol–water partition coefficient (Wildman–Crippen LogP) is 7.38. The van der Waals surface area contributed by atoms with Gasteiger partial charge in [-0.15, -0.1) is 0 Å².